The highest BCUT2D eigenvalue weighted by atomic mass is 32.1. The van der Waals surface area contributed by atoms with Gasteiger partial charge in [-0.1, -0.05) is 0 Å². The Kier molecular flexibility index (Phi) is 3.61. The van der Waals surface area contributed by atoms with Gasteiger partial charge in [0.25, 0.3) is 0 Å². The summed E-state index contributed by atoms with van der Waals surface area (Å²) < 4.78 is 0. The Labute approximate surface area is 104 Å². The van der Waals surface area contributed by atoms with Gasteiger partial charge in [-0.05, 0) is 24.6 Å². The largest absolute Gasteiger partial charge is 0.508 e. The second kappa shape index (κ2) is 5.16. The highest BCUT2D eigenvalue weighted by Gasteiger charge is 2.08. The van der Waals surface area contributed by atoms with E-state index in [9.17, 15) is 10.2 Å². The molecule has 1 atom stereocenters. The number of aromatic hydroxyl groups is 2. The van der Waals surface area contributed by atoms with E-state index in [0.717, 1.165) is 17.0 Å². The number of nitrogens with zero attached hydrogens (tertiary/aromatic N) is 1. The number of benzene rings is 1. The quantitative estimate of drug-likeness (QED) is 0.779. The molecule has 2 rings (SSSR count). The molecule has 0 aliphatic carbocycles. The molecule has 2 aromatic rings. The van der Waals surface area contributed by atoms with Crippen molar-refractivity contribution in [3.63, 3.8) is 0 Å². The van der Waals surface area contributed by atoms with Gasteiger partial charge in [-0.15, -0.1) is 11.3 Å². The van der Waals surface area contributed by atoms with Crippen LogP contribution in [-0.2, 0) is 6.54 Å². The fraction of sp³-hybridized carbons (Fsp3) is 0.250. The first-order valence-electron chi connectivity index (χ1n) is 5.29. The summed E-state index contributed by atoms with van der Waals surface area (Å²) in [6.07, 6.45) is 1.82. The lowest BCUT2D eigenvalue weighted by molar-refractivity contribution is 0.446. The van der Waals surface area contributed by atoms with E-state index in [1.807, 2.05) is 13.1 Å². The van der Waals surface area contributed by atoms with E-state index in [1.54, 1.807) is 29.0 Å². The van der Waals surface area contributed by atoms with Crippen molar-refractivity contribution in [2.45, 2.75) is 19.5 Å². The van der Waals surface area contributed by atoms with Crippen LogP contribution >= 0.6 is 11.3 Å². The molecule has 0 aliphatic rings. The van der Waals surface area contributed by atoms with Crippen molar-refractivity contribution in [3.05, 3.63) is 40.3 Å². The zero-order valence-electron chi connectivity index (χ0n) is 9.42. The van der Waals surface area contributed by atoms with Gasteiger partial charge in [-0.25, -0.2) is 0 Å². The lowest BCUT2D eigenvalue weighted by atomic mass is 10.1. The first-order chi connectivity index (χ1) is 8.15. The fourth-order valence-corrected chi connectivity index (χ4v) is 2.11. The van der Waals surface area contributed by atoms with E-state index in [1.165, 1.54) is 6.07 Å². The summed E-state index contributed by atoms with van der Waals surface area (Å²) >= 11 is 1.59. The summed E-state index contributed by atoms with van der Waals surface area (Å²) in [7, 11) is 0. The van der Waals surface area contributed by atoms with Crippen molar-refractivity contribution in [1.29, 1.82) is 0 Å². The van der Waals surface area contributed by atoms with E-state index >= 15 is 0 Å². The number of phenols is 2. The molecule has 17 heavy (non-hydrogen) atoms. The van der Waals surface area contributed by atoms with Crippen LogP contribution in [0.5, 0.6) is 11.5 Å². The Morgan fingerprint density at radius 3 is 2.59 bits per heavy atom. The SMILES string of the molecule is CC(NCc1cncs1)c1cc(O)cc(O)c1. The van der Waals surface area contributed by atoms with Crippen molar-refractivity contribution < 1.29 is 10.2 Å². The first-order valence-corrected chi connectivity index (χ1v) is 6.17. The Bertz CT molecular complexity index is 465. The zero-order valence-corrected chi connectivity index (χ0v) is 10.2. The molecule has 0 fully saturated rings. The van der Waals surface area contributed by atoms with Gasteiger partial charge in [-0.2, -0.15) is 0 Å². The lowest BCUT2D eigenvalue weighted by Crippen LogP contribution is -2.17. The molecule has 5 heteroatoms. The summed E-state index contributed by atoms with van der Waals surface area (Å²) in [5.41, 5.74) is 2.65. The van der Waals surface area contributed by atoms with Crippen molar-refractivity contribution in [2.24, 2.45) is 0 Å². The average Bonchev–Trinajstić information content (AvgIpc) is 2.77. The van der Waals surface area contributed by atoms with Crippen molar-refractivity contribution in [1.82, 2.24) is 10.3 Å². The van der Waals surface area contributed by atoms with Crippen molar-refractivity contribution in [3.8, 4) is 11.5 Å². The Balaban J connectivity index is 2.01. The molecule has 1 aromatic carbocycles. The third kappa shape index (κ3) is 3.18. The summed E-state index contributed by atoms with van der Waals surface area (Å²) in [6, 6.07) is 4.66. The topological polar surface area (TPSA) is 65.4 Å². The minimum Gasteiger partial charge on any atom is -0.508 e. The molecular weight excluding hydrogens is 236 g/mol. The summed E-state index contributed by atoms with van der Waals surface area (Å²) in [5.74, 6) is 0.151. The Morgan fingerprint density at radius 1 is 1.29 bits per heavy atom. The van der Waals surface area contributed by atoms with Crippen LogP contribution in [0.15, 0.2) is 29.9 Å². The van der Waals surface area contributed by atoms with Crippen LogP contribution in [0, 0.1) is 0 Å². The van der Waals surface area contributed by atoms with Crippen LogP contribution in [0.25, 0.3) is 0 Å². The molecular formula is C12H14N2O2S. The van der Waals surface area contributed by atoms with Crippen LogP contribution in [-0.4, -0.2) is 15.2 Å². The molecule has 0 spiro atoms. The maximum Gasteiger partial charge on any atom is 0.119 e. The molecule has 0 saturated heterocycles. The van der Waals surface area contributed by atoms with E-state index < -0.39 is 0 Å². The molecule has 1 unspecified atom stereocenters. The highest BCUT2D eigenvalue weighted by Crippen LogP contribution is 2.24. The van der Waals surface area contributed by atoms with Gasteiger partial charge in [0.05, 0.1) is 5.51 Å². The number of rotatable bonds is 4. The van der Waals surface area contributed by atoms with Gasteiger partial charge in [0.2, 0.25) is 0 Å². The van der Waals surface area contributed by atoms with Crippen LogP contribution in [0.3, 0.4) is 0 Å². The number of thiazole rings is 1. The third-order valence-electron chi connectivity index (χ3n) is 2.49. The Morgan fingerprint density at radius 2 is 2.00 bits per heavy atom. The lowest BCUT2D eigenvalue weighted by Gasteiger charge is -2.14. The van der Waals surface area contributed by atoms with Crippen LogP contribution in [0.4, 0.5) is 0 Å². The second-order valence-corrected chi connectivity index (χ2v) is 4.82. The molecule has 1 heterocycles. The minimum atomic E-state index is 0.0510. The standard InChI is InChI=1S/C12H14N2O2S/c1-8(14-6-12-5-13-7-17-12)9-2-10(15)4-11(16)3-9/h2-5,7-8,14-16H,6H2,1H3. The predicted molar refractivity (Wildman–Crippen MR) is 67.1 cm³/mol. The number of phenolic OH excluding ortho intramolecular Hbond substituents is 2. The summed E-state index contributed by atoms with van der Waals surface area (Å²) in [6.45, 7) is 2.71. The van der Waals surface area contributed by atoms with Gasteiger partial charge in [-0.3, -0.25) is 4.98 Å². The van der Waals surface area contributed by atoms with Crippen LogP contribution < -0.4 is 5.32 Å². The molecule has 0 saturated carbocycles. The van der Waals surface area contributed by atoms with E-state index in [2.05, 4.69) is 10.3 Å². The molecule has 0 amide bonds. The summed E-state index contributed by atoms with van der Waals surface area (Å²) in [5, 5.41) is 22.1. The Hall–Kier alpha value is -1.59. The van der Waals surface area contributed by atoms with E-state index in [-0.39, 0.29) is 17.5 Å². The summed E-state index contributed by atoms with van der Waals surface area (Å²) in [4.78, 5) is 5.15. The van der Waals surface area contributed by atoms with E-state index in [0.29, 0.717) is 0 Å². The molecule has 0 aliphatic heterocycles. The molecule has 0 bridgehead atoms. The fourth-order valence-electron chi connectivity index (χ4n) is 1.57. The second-order valence-electron chi connectivity index (χ2n) is 3.85. The van der Waals surface area contributed by atoms with Gasteiger partial charge < -0.3 is 15.5 Å². The third-order valence-corrected chi connectivity index (χ3v) is 3.27. The van der Waals surface area contributed by atoms with Crippen LogP contribution in [0.1, 0.15) is 23.4 Å². The first kappa shape index (κ1) is 11.9. The monoisotopic (exact) mass is 250 g/mol. The van der Waals surface area contributed by atoms with Gasteiger partial charge in [0, 0.05) is 29.7 Å². The molecule has 0 radical (unpaired) electrons. The number of aromatic nitrogens is 1. The number of hydrogen-bond acceptors (Lipinski definition) is 5. The maximum atomic E-state index is 9.40. The number of nitrogens with one attached hydrogen (secondary N) is 1. The normalized spacial score (nSPS) is 12.5. The smallest absolute Gasteiger partial charge is 0.119 e. The molecule has 4 nitrogen and oxygen atoms in total. The average molecular weight is 250 g/mol. The van der Waals surface area contributed by atoms with Crippen LogP contribution in [0.2, 0.25) is 0 Å². The van der Waals surface area contributed by atoms with Crippen molar-refractivity contribution >= 4 is 11.3 Å². The zero-order chi connectivity index (χ0) is 12.3. The molecule has 3 N–H and O–H groups in total. The van der Waals surface area contributed by atoms with Gasteiger partial charge in [0.15, 0.2) is 0 Å². The number of hydrogen-bond donors (Lipinski definition) is 3. The molecule has 90 valence electrons. The van der Waals surface area contributed by atoms with Crippen molar-refractivity contribution in [2.75, 3.05) is 0 Å². The minimum absolute atomic E-state index is 0.0510. The van der Waals surface area contributed by atoms with E-state index in [4.69, 9.17) is 0 Å². The predicted octanol–water partition coefficient (Wildman–Crippen LogP) is 2.41. The maximum absolute atomic E-state index is 9.40. The van der Waals surface area contributed by atoms with Gasteiger partial charge in [0.1, 0.15) is 11.5 Å². The highest BCUT2D eigenvalue weighted by molar-refractivity contribution is 7.09. The molecule has 1 aromatic heterocycles. The van der Waals surface area contributed by atoms with Gasteiger partial charge >= 0.3 is 0 Å².